The quantitative estimate of drug-likeness (QED) is 0.505. The fraction of sp³-hybridized carbons (Fsp3) is 0.364. The minimum atomic E-state index is -0.182. The maximum Gasteiger partial charge on any atom is 0.226 e. The molecule has 3 aliphatic rings. The number of carbonyl (C=O) groups excluding carboxylic acids is 1. The van der Waals surface area contributed by atoms with Crippen LogP contribution in [0.15, 0.2) is 42.2 Å². The molecule has 0 spiro atoms. The van der Waals surface area contributed by atoms with Gasteiger partial charge in [0.2, 0.25) is 5.91 Å². The van der Waals surface area contributed by atoms with Crippen LogP contribution in [0.5, 0.6) is 0 Å². The van der Waals surface area contributed by atoms with E-state index >= 15 is 0 Å². The van der Waals surface area contributed by atoms with Crippen LogP contribution in [0.4, 0.5) is 11.6 Å². The number of fused-ring (bicyclic) bond motifs is 2. The number of aromatic nitrogens is 4. The zero-order valence-electron chi connectivity index (χ0n) is 16.9. The monoisotopic (exact) mass is 417 g/mol. The lowest BCUT2D eigenvalue weighted by Crippen LogP contribution is -2.33. The van der Waals surface area contributed by atoms with E-state index in [9.17, 15) is 4.79 Å². The number of anilines is 2. The molecule has 31 heavy (non-hydrogen) atoms. The van der Waals surface area contributed by atoms with Crippen LogP contribution in [0.3, 0.4) is 0 Å². The van der Waals surface area contributed by atoms with Crippen molar-refractivity contribution in [1.82, 2.24) is 24.9 Å². The van der Waals surface area contributed by atoms with Crippen LogP contribution in [0.25, 0.3) is 11.7 Å². The second kappa shape index (κ2) is 7.35. The smallest absolute Gasteiger partial charge is 0.226 e. The van der Waals surface area contributed by atoms with E-state index in [1.807, 2.05) is 41.1 Å². The number of hydrogen-bond acceptors (Lipinski definition) is 7. The molecule has 9 heteroatoms. The first kappa shape index (κ1) is 18.3. The number of pyridine rings is 1. The Morgan fingerprint density at radius 1 is 1.32 bits per heavy atom. The molecule has 6 rings (SSSR count). The summed E-state index contributed by atoms with van der Waals surface area (Å²) in [6.45, 7) is 0.728. The molecule has 2 unspecified atom stereocenters. The van der Waals surface area contributed by atoms with Crippen molar-refractivity contribution in [2.24, 2.45) is 0 Å². The van der Waals surface area contributed by atoms with Crippen molar-refractivity contribution in [1.29, 1.82) is 0 Å². The Morgan fingerprint density at radius 2 is 2.26 bits per heavy atom. The van der Waals surface area contributed by atoms with Gasteiger partial charge in [0.15, 0.2) is 11.9 Å². The number of epoxide rings is 1. The van der Waals surface area contributed by atoms with Crippen molar-refractivity contribution in [3.05, 3.63) is 53.5 Å². The molecule has 2 saturated heterocycles. The zero-order valence-corrected chi connectivity index (χ0v) is 16.9. The Labute approximate surface area is 178 Å². The summed E-state index contributed by atoms with van der Waals surface area (Å²) in [4.78, 5) is 21.1. The first-order valence-corrected chi connectivity index (χ1v) is 10.7. The summed E-state index contributed by atoms with van der Waals surface area (Å²) in [5.41, 5.74) is 3.64. The first-order valence-electron chi connectivity index (χ1n) is 10.7. The van der Waals surface area contributed by atoms with Crippen molar-refractivity contribution < 1.29 is 9.53 Å². The molecule has 9 nitrogen and oxygen atoms in total. The molecule has 1 amide bonds. The van der Waals surface area contributed by atoms with Crippen LogP contribution in [-0.2, 0) is 16.0 Å². The van der Waals surface area contributed by atoms with Crippen LogP contribution in [0, 0.1) is 0 Å². The molecule has 2 aliphatic heterocycles. The highest BCUT2D eigenvalue weighted by molar-refractivity contribution is 5.84. The highest BCUT2D eigenvalue weighted by atomic mass is 16.6. The summed E-state index contributed by atoms with van der Waals surface area (Å²) in [5.74, 6) is 1.69. The highest BCUT2D eigenvalue weighted by Crippen LogP contribution is 2.35. The van der Waals surface area contributed by atoms with Crippen LogP contribution >= 0.6 is 0 Å². The van der Waals surface area contributed by atoms with Crippen molar-refractivity contribution >= 4 is 29.3 Å². The van der Waals surface area contributed by atoms with E-state index in [4.69, 9.17) is 9.72 Å². The molecule has 1 saturated carbocycles. The van der Waals surface area contributed by atoms with Gasteiger partial charge in [0.25, 0.3) is 0 Å². The standard InChI is InChI=1S/C22H23N7O2/c30-19-10-13(20-22(28-19)31-20)9-14-12-25-29-18(26-16-4-5-16)11-17(27-21(14)29)24-8-6-15-3-1-2-7-23-15/h1-3,7,9,11-12,16,20,22,26H,4-6,8,10H2,(H,24,27)(H,28,30)/b13-9+. The number of ether oxygens (including phenoxy) is 1. The van der Waals surface area contributed by atoms with Gasteiger partial charge in [-0.1, -0.05) is 6.07 Å². The molecule has 3 fully saturated rings. The van der Waals surface area contributed by atoms with E-state index < -0.39 is 0 Å². The Balaban J connectivity index is 1.29. The molecule has 3 aromatic heterocycles. The predicted molar refractivity (Wildman–Crippen MR) is 115 cm³/mol. The summed E-state index contributed by atoms with van der Waals surface area (Å²) >= 11 is 0. The van der Waals surface area contributed by atoms with Crippen LogP contribution in [0.2, 0.25) is 0 Å². The van der Waals surface area contributed by atoms with Gasteiger partial charge in [0.05, 0.1) is 12.6 Å². The van der Waals surface area contributed by atoms with Crippen molar-refractivity contribution in [3.63, 3.8) is 0 Å². The van der Waals surface area contributed by atoms with Gasteiger partial charge in [0.1, 0.15) is 17.7 Å². The van der Waals surface area contributed by atoms with Gasteiger partial charge < -0.3 is 20.7 Å². The average molecular weight is 417 g/mol. The zero-order chi connectivity index (χ0) is 20.8. The Hall–Kier alpha value is -3.46. The fourth-order valence-electron chi connectivity index (χ4n) is 3.91. The summed E-state index contributed by atoms with van der Waals surface area (Å²) < 4.78 is 7.38. The SMILES string of the molecule is O=C1C/C(=C\c2cnn3c(NC4CC4)cc(NCCc4ccccn4)nc23)C2OC2N1. The molecule has 5 heterocycles. The Kier molecular flexibility index (Phi) is 4.34. The minimum Gasteiger partial charge on any atom is -0.369 e. The topological polar surface area (TPSA) is 109 Å². The Morgan fingerprint density at radius 3 is 3.10 bits per heavy atom. The lowest BCUT2D eigenvalue weighted by atomic mass is 10.0. The van der Waals surface area contributed by atoms with Gasteiger partial charge in [0, 0.05) is 42.5 Å². The number of carbonyl (C=O) groups is 1. The largest absolute Gasteiger partial charge is 0.369 e. The minimum absolute atomic E-state index is 0.0117. The lowest BCUT2D eigenvalue weighted by molar-refractivity contribution is -0.121. The average Bonchev–Trinajstić information content (AvgIpc) is 3.69. The number of nitrogens with zero attached hydrogens (tertiary/aromatic N) is 4. The fourth-order valence-corrected chi connectivity index (χ4v) is 3.91. The number of piperidine rings is 1. The highest BCUT2D eigenvalue weighted by Gasteiger charge is 2.47. The lowest BCUT2D eigenvalue weighted by Gasteiger charge is -2.12. The van der Waals surface area contributed by atoms with E-state index in [2.05, 4.69) is 26.0 Å². The van der Waals surface area contributed by atoms with E-state index in [0.717, 1.165) is 47.1 Å². The molecule has 3 aromatic rings. The third-order valence-electron chi connectivity index (χ3n) is 5.71. The van der Waals surface area contributed by atoms with Gasteiger partial charge >= 0.3 is 0 Å². The molecule has 1 aliphatic carbocycles. The summed E-state index contributed by atoms with van der Waals surface area (Å²) in [7, 11) is 0. The van der Waals surface area contributed by atoms with Crippen LogP contribution < -0.4 is 16.0 Å². The number of nitrogens with one attached hydrogen (secondary N) is 3. The van der Waals surface area contributed by atoms with Gasteiger partial charge in [-0.15, -0.1) is 0 Å². The van der Waals surface area contributed by atoms with Crippen molar-refractivity contribution in [2.75, 3.05) is 17.2 Å². The first-order chi connectivity index (χ1) is 15.2. The molecular formula is C22H23N7O2. The third kappa shape index (κ3) is 3.84. The van der Waals surface area contributed by atoms with E-state index in [0.29, 0.717) is 12.5 Å². The van der Waals surface area contributed by atoms with Gasteiger partial charge in [-0.25, -0.2) is 4.98 Å². The molecular weight excluding hydrogens is 394 g/mol. The van der Waals surface area contributed by atoms with Crippen LogP contribution in [0.1, 0.15) is 30.5 Å². The number of rotatable bonds is 7. The summed E-state index contributed by atoms with van der Waals surface area (Å²) in [5, 5.41) is 14.3. The number of amides is 1. The van der Waals surface area contributed by atoms with E-state index in [-0.39, 0.29) is 18.2 Å². The summed E-state index contributed by atoms with van der Waals surface area (Å²) in [6, 6.07) is 8.42. The Bertz CT molecular complexity index is 1170. The molecule has 0 radical (unpaired) electrons. The maximum absolute atomic E-state index is 11.9. The van der Waals surface area contributed by atoms with E-state index in [1.165, 1.54) is 12.8 Å². The van der Waals surface area contributed by atoms with Crippen LogP contribution in [-0.4, -0.2) is 50.4 Å². The van der Waals surface area contributed by atoms with Gasteiger partial charge in [-0.3, -0.25) is 9.78 Å². The molecule has 158 valence electrons. The molecule has 2 atom stereocenters. The molecule has 0 aromatic carbocycles. The second-order valence-electron chi connectivity index (χ2n) is 8.22. The van der Waals surface area contributed by atoms with Crippen molar-refractivity contribution in [2.45, 2.75) is 44.1 Å². The van der Waals surface area contributed by atoms with E-state index in [1.54, 1.807) is 6.20 Å². The predicted octanol–water partition coefficient (Wildman–Crippen LogP) is 1.98. The van der Waals surface area contributed by atoms with Crippen molar-refractivity contribution in [3.8, 4) is 0 Å². The normalized spacial score (nSPS) is 23.5. The maximum atomic E-state index is 11.9. The van der Waals surface area contributed by atoms with Gasteiger partial charge in [-0.05, 0) is 36.6 Å². The summed E-state index contributed by atoms with van der Waals surface area (Å²) in [6.07, 6.45) is 8.88. The molecule has 0 bridgehead atoms. The number of hydrogen-bond donors (Lipinski definition) is 3. The second-order valence-corrected chi connectivity index (χ2v) is 8.22. The molecule has 3 N–H and O–H groups in total. The van der Waals surface area contributed by atoms with Gasteiger partial charge in [-0.2, -0.15) is 9.61 Å². The third-order valence-corrected chi connectivity index (χ3v) is 5.71.